The lowest BCUT2D eigenvalue weighted by atomic mass is 10.00. The number of aryl methyl sites for hydroxylation is 2. The first kappa shape index (κ1) is 22.3. The van der Waals surface area contributed by atoms with Crippen LogP contribution in [0.1, 0.15) is 73.0 Å². The summed E-state index contributed by atoms with van der Waals surface area (Å²) in [7, 11) is 0. The number of hydrogen-bond acceptors (Lipinski definition) is 8. The van der Waals surface area contributed by atoms with Crippen molar-refractivity contribution in [2.75, 3.05) is 18.5 Å². The lowest BCUT2D eigenvalue weighted by molar-refractivity contribution is 0.0526. The Balaban J connectivity index is 1.51. The normalized spacial score (nSPS) is 17.1. The van der Waals surface area contributed by atoms with E-state index < -0.39 is 5.97 Å². The smallest absolute Gasteiger partial charge is 0.342 e. The number of aromatic nitrogens is 2. The number of furan rings is 2. The van der Waals surface area contributed by atoms with E-state index in [9.17, 15) is 4.79 Å². The van der Waals surface area contributed by atoms with Gasteiger partial charge in [0, 0.05) is 6.04 Å². The zero-order valence-electron chi connectivity index (χ0n) is 19.4. The highest BCUT2D eigenvalue weighted by atomic mass is 16.5. The molecule has 0 bridgehead atoms. The number of carbonyl (C=O) groups is 1. The molecule has 1 N–H and O–H groups in total. The highest BCUT2D eigenvalue weighted by Crippen LogP contribution is 2.31. The number of rotatable bonds is 8. The maximum atomic E-state index is 12.5. The van der Waals surface area contributed by atoms with Gasteiger partial charge in [-0.05, 0) is 58.7 Å². The van der Waals surface area contributed by atoms with Crippen molar-refractivity contribution in [2.45, 2.75) is 72.5 Å². The number of ether oxygens (including phenoxy) is 1. The fourth-order valence-corrected chi connectivity index (χ4v) is 4.50. The number of nitrogens with zero attached hydrogens (tertiary/aromatic N) is 3. The van der Waals surface area contributed by atoms with Gasteiger partial charge < -0.3 is 18.9 Å². The van der Waals surface area contributed by atoms with Crippen LogP contribution < -0.4 is 5.32 Å². The molecule has 0 saturated carbocycles. The van der Waals surface area contributed by atoms with Crippen molar-refractivity contribution >= 4 is 22.9 Å². The highest BCUT2D eigenvalue weighted by Gasteiger charge is 2.25. The number of likely N-dealkylation sites (tertiary alicyclic amines) is 1. The van der Waals surface area contributed by atoms with E-state index in [2.05, 4.69) is 27.1 Å². The monoisotopic (exact) mass is 440 g/mol. The van der Waals surface area contributed by atoms with Gasteiger partial charge in [-0.3, -0.25) is 4.90 Å². The van der Waals surface area contributed by atoms with Crippen LogP contribution in [0, 0.1) is 13.8 Å². The van der Waals surface area contributed by atoms with E-state index in [1.165, 1.54) is 25.7 Å². The summed E-state index contributed by atoms with van der Waals surface area (Å²) in [4.78, 5) is 23.9. The first-order valence-electron chi connectivity index (χ1n) is 11.5. The summed E-state index contributed by atoms with van der Waals surface area (Å²) in [6.45, 7) is 10.2. The third kappa shape index (κ3) is 4.65. The van der Waals surface area contributed by atoms with Gasteiger partial charge in [0.2, 0.25) is 5.71 Å². The molecule has 0 radical (unpaired) electrons. The molecule has 0 spiro atoms. The molecular weight excluding hydrogens is 408 g/mol. The van der Waals surface area contributed by atoms with E-state index in [0.29, 0.717) is 46.7 Å². The van der Waals surface area contributed by atoms with Crippen LogP contribution in [0.15, 0.2) is 21.0 Å². The fraction of sp³-hybridized carbons (Fsp3) is 0.542. The number of anilines is 1. The first-order valence-corrected chi connectivity index (χ1v) is 11.5. The van der Waals surface area contributed by atoms with Crippen LogP contribution in [0.3, 0.4) is 0 Å². The van der Waals surface area contributed by atoms with Crippen molar-refractivity contribution in [3.05, 3.63) is 40.8 Å². The average Bonchev–Trinajstić information content (AvgIpc) is 3.35. The van der Waals surface area contributed by atoms with Gasteiger partial charge in [-0.25, -0.2) is 9.78 Å². The van der Waals surface area contributed by atoms with E-state index in [-0.39, 0.29) is 6.61 Å². The van der Waals surface area contributed by atoms with Crippen LogP contribution in [-0.4, -0.2) is 40.0 Å². The van der Waals surface area contributed by atoms with E-state index in [0.717, 1.165) is 24.6 Å². The number of esters is 1. The van der Waals surface area contributed by atoms with Crippen molar-refractivity contribution in [3.63, 3.8) is 0 Å². The zero-order chi connectivity index (χ0) is 22.7. The minimum absolute atomic E-state index is 0.283. The summed E-state index contributed by atoms with van der Waals surface area (Å²) in [5, 5.41) is 3.85. The van der Waals surface area contributed by atoms with Crippen LogP contribution in [-0.2, 0) is 17.8 Å². The SMILES string of the molecule is CCOC(=O)c1c(C)oc2nc(C)nc(NCc3ccc(CN4CCCC[C@H]4CC)o3)c12. The number of hydrogen-bond donors (Lipinski definition) is 1. The summed E-state index contributed by atoms with van der Waals surface area (Å²) < 4.78 is 17.0. The first-order chi connectivity index (χ1) is 15.5. The Morgan fingerprint density at radius 3 is 2.78 bits per heavy atom. The fourth-order valence-electron chi connectivity index (χ4n) is 4.50. The van der Waals surface area contributed by atoms with E-state index in [1.807, 2.05) is 12.1 Å². The van der Waals surface area contributed by atoms with Crippen molar-refractivity contribution in [3.8, 4) is 0 Å². The molecule has 32 heavy (non-hydrogen) atoms. The number of nitrogens with one attached hydrogen (secondary N) is 1. The molecule has 172 valence electrons. The van der Waals surface area contributed by atoms with Crippen LogP contribution in [0.2, 0.25) is 0 Å². The molecule has 1 aliphatic heterocycles. The summed E-state index contributed by atoms with van der Waals surface area (Å²) in [6, 6.07) is 4.68. The largest absolute Gasteiger partial charge is 0.463 e. The van der Waals surface area contributed by atoms with Crippen LogP contribution in [0.4, 0.5) is 5.82 Å². The van der Waals surface area contributed by atoms with Gasteiger partial charge in [0.1, 0.15) is 34.5 Å². The number of fused-ring (bicyclic) bond motifs is 1. The number of piperidine rings is 1. The second-order valence-electron chi connectivity index (χ2n) is 8.30. The quantitative estimate of drug-likeness (QED) is 0.490. The lowest BCUT2D eigenvalue weighted by Crippen LogP contribution is -2.38. The molecule has 8 heteroatoms. The van der Waals surface area contributed by atoms with Gasteiger partial charge in [0.25, 0.3) is 0 Å². The molecular formula is C24H32N4O4. The second kappa shape index (κ2) is 9.73. The summed E-state index contributed by atoms with van der Waals surface area (Å²) >= 11 is 0. The molecule has 0 unspecified atom stereocenters. The lowest BCUT2D eigenvalue weighted by Gasteiger charge is -2.34. The summed E-state index contributed by atoms with van der Waals surface area (Å²) in [5.74, 6) is 2.90. The van der Waals surface area contributed by atoms with Gasteiger partial charge in [-0.1, -0.05) is 13.3 Å². The molecule has 0 aromatic carbocycles. The molecule has 1 aliphatic rings. The molecule has 1 saturated heterocycles. The molecule has 4 heterocycles. The van der Waals surface area contributed by atoms with E-state index in [1.54, 1.807) is 20.8 Å². The maximum Gasteiger partial charge on any atom is 0.342 e. The van der Waals surface area contributed by atoms with Crippen LogP contribution >= 0.6 is 0 Å². The minimum atomic E-state index is -0.438. The molecule has 4 rings (SSSR count). The highest BCUT2D eigenvalue weighted by molar-refractivity contribution is 6.07. The van der Waals surface area contributed by atoms with Crippen molar-refractivity contribution in [2.24, 2.45) is 0 Å². The summed E-state index contributed by atoms with van der Waals surface area (Å²) in [5.41, 5.74) is 0.733. The Morgan fingerprint density at radius 2 is 2.00 bits per heavy atom. The molecule has 1 atom stereocenters. The molecule has 3 aromatic heterocycles. The third-order valence-corrected chi connectivity index (χ3v) is 6.05. The maximum absolute atomic E-state index is 12.5. The van der Waals surface area contributed by atoms with Gasteiger partial charge in [-0.2, -0.15) is 4.98 Å². The van der Waals surface area contributed by atoms with Crippen LogP contribution in [0.25, 0.3) is 11.1 Å². The molecule has 1 fully saturated rings. The van der Waals surface area contributed by atoms with E-state index >= 15 is 0 Å². The Morgan fingerprint density at radius 1 is 1.19 bits per heavy atom. The standard InChI is InChI=1S/C24H32N4O4/c1-5-17-9-7-8-12-28(17)14-19-11-10-18(32-19)13-25-22-21-20(24(29)30-6-2)15(3)31-23(21)27-16(4)26-22/h10-11,17H,5-9,12-14H2,1-4H3,(H,25,26,27)/t17-/m1/s1. The molecule has 0 amide bonds. The minimum Gasteiger partial charge on any atom is -0.463 e. The topological polar surface area (TPSA) is 93.6 Å². The Bertz CT molecular complexity index is 1090. The molecule has 0 aliphatic carbocycles. The average molecular weight is 441 g/mol. The van der Waals surface area contributed by atoms with Crippen molar-refractivity contribution in [1.82, 2.24) is 14.9 Å². The third-order valence-electron chi connectivity index (χ3n) is 6.05. The van der Waals surface area contributed by atoms with Gasteiger partial charge in [0.05, 0.1) is 25.1 Å². The van der Waals surface area contributed by atoms with Crippen molar-refractivity contribution in [1.29, 1.82) is 0 Å². The Hall–Kier alpha value is -2.87. The zero-order valence-corrected chi connectivity index (χ0v) is 19.4. The van der Waals surface area contributed by atoms with Gasteiger partial charge in [-0.15, -0.1) is 0 Å². The Labute approximate surface area is 188 Å². The predicted octanol–water partition coefficient (Wildman–Crippen LogP) is 4.99. The van der Waals surface area contributed by atoms with E-state index in [4.69, 9.17) is 13.6 Å². The number of carbonyl (C=O) groups excluding carboxylic acids is 1. The van der Waals surface area contributed by atoms with Crippen LogP contribution in [0.5, 0.6) is 0 Å². The molecule has 8 nitrogen and oxygen atoms in total. The predicted molar refractivity (Wildman–Crippen MR) is 122 cm³/mol. The van der Waals surface area contributed by atoms with Crippen molar-refractivity contribution < 1.29 is 18.4 Å². The Kier molecular flexibility index (Phi) is 6.79. The van der Waals surface area contributed by atoms with Gasteiger partial charge in [0.15, 0.2) is 0 Å². The molecule has 3 aromatic rings. The van der Waals surface area contributed by atoms with Gasteiger partial charge >= 0.3 is 5.97 Å². The summed E-state index contributed by atoms with van der Waals surface area (Å²) in [6.07, 6.45) is 5.00. The second-order valence-corrected chi connectivity index (χ2v) is 8.30.